The number of aryl methyl sites for hydroxylation is 1. The van der Waals surface area contributed by atoms with Gasteiger partial charge in [0.05, 0.1) is 0 Å². The van der Waals surface area contributed by atoms with Crippen molar-refractivity contribution in [3.63, 3.8) is 0 Å². The van der Waals surface area contributed by atoms with Crippen LogP contribution in [0.15, 0.2) is 22.7 Å². The maximum atomic E-state index is 3.60. The highest BCUT2D eigenvalue weighted by atomic mass is 79.9. The van der Waals surface area contributed by atoms with Gasteiger partial charge in [0.15, 0.2) is 0 Å². The van der Waals surface area contributed by atoms with E-state index in [0.29, 0.717) is 0 Å². The van der Waals surface area contributed by atoms with Crippen molar-refractivity contribution in [2.45, 2.75) is 18.7 Å². The van der Waals surface area contributed by atoms with E-state index in [-0.39, 0.29) is 0 Å². The Morgan fingerprint density at radius 1 is 1.36 bits per heavy atom. The Morgan fingerprint density at radius 3 is 2.79 bits per heavy atom. The lowest BCUT2D eigenvalue weighted by Crippen LogP contribution is -1.80. The van der Waals surface area contributed by atoms with E-state index in [1.807, 2.05) is 11.3 Å². The van der Waals surface area contributed by atoms with E-state index in [2.05, 4.69) is 57.0 Å². The van der Waals surface area contributed by atoms with Gasteiger partial charge in [-0.05, 0) is 39.4 Å². The summed E-state index contributed by atoms with van der Waals surface area (Å²) in [4.78, 5) is 1.49. The maximum absolute atomic E-state index is 3.60. The SMILES string of the molecule is CCc1sc2c(Br)cccc2c1CBr. The zero-order chi connectivity index (χ0) is 10.1. The zero-order valence-corrected chi connectivity index (χ0v) is 11.8. The second-order valence-electron chi connectivity index (χ2n) is 3.11. The highest BCUT2D eigenvalue weighted by Crippen LogP contribution is 2.37. The van der Waals surface area contributed by atoms with Crippen LogP contribution in [0.3, 0.4) is 0 Å². The molecule has 0 radical (unpaired) electrons. The Labute approximate surface area is 105 Å². The summed E-state index contributed by atoms with van der Waals surface area (Å²) < 4.78 is 2.58. The highest BCUT2D eigenvalue weighted by Gasteiger charge is 2.10. The normalized spacial score (nSPS) is 11.1. The molecule has 0 saturated carbocycles. The van der Waals surface area contributed by atoms with E-state index in [1.54, 1.807) is 0 Å². The molecule has 0 aliphatic carbocycles. The molecular formula is C11H10Br2S. The molecule has 0 N–H and O–H groups in total. The van der Waals surface area contributed by atoms with Gasteiger partial charge in [-0.3, -0.25) is 0 Å². The lowest BCUT2D eigenvalue weighted by molar-refractivity contribution is 1.16. The monoisotopic (exact) mass is 332 g/mol. The predicted molar refractivity (Wildman–Crippen MR) is 71.5 cm³/mol. The third-order valence-corrected chi connectivity index (χ3v) is 5.22. The fraction of sp³-hybridized carbons (Fsp3) is 0.273. The summed E-state index contributed by atoms with van der Waals surface area (Å²) in [6.45, 7) is 2.21. The van der Waals surface area contributed by atoms with Crippen molar-refractivity contribution in [3.05, 3.63) is 33.1 Å². The van der Waals surface area contributed by atoms with Gasteiger partial charge in [0, 0.05) is 19.4 Å². The summed E-state index contributed by atoms with van der Waals surface area (Å²) in [7, 11) is 0. The Hall–Kier alpha value is 0.140. The Morgan fingerprint density at radius 2 is 2.14 bits per heavy atom. The van der Waals surface area contributed by atoms with Crippen LogP contribution in [-0.2, 0) is 11.8 Å². The number of halogens is 2. The fourth-order valence-electron chi connectivity index (χ4n) is 1.62. The quantitative estimate of drug-likeness (QED) is 0.669. The Balaban J connectivity index is 2.79. The number of benzene rings is 1. The van der Waals surface area contributed by atoms with E-state index < -0.39 is 0 Å². The van der Waals surface area contributed by atoms with Crippen molar-refractivity contribution in [2.24, 2.45) is 0 Å². The molecule has 2 aromatic rings. The first kappa shape index (κ1) is 10.7. The van der Waals surface area contributed by atoms with Gasteiger partial charge in [-0.25, -0.2) is 0 Å². The standard InChI is InChI=1S/C11H10Br2S/c1-2-10-8(6-12)7-4-3-5-9(13)11(7)14-10/h3-5H,2,6H2,1H3. The number of rotatable bonds is 2. The topological polar surface area (TPSA) is 0 Å². The minimum absolute atomic E-state index is 0.951. The van der Waals surface area contributed by atoms with Crippen molar-refractivity contribution < 1.29 is 0 Å². The smallest absolute Gasteiger partial charge is 0.0490 e. The second kappa shape index (κ2) is 4.33. The second-order valence-corrected chi connectivity index (χ2v) is 5.63. The van der Waals surface area contributed by atoms with Gasteiger partial charge in [-0.1, -0.05) is 35.0 Å². The van der Waals surface area contributed by atoms with Crippen LogP contribution < -0.4 is 0 Å². The molecule has 3 heteroatoms. The predicted octanol–water partition coefficient (Wildman–Crippen LogP) is 5.12. The third kappa shape index (κ3) is 1.66. The molecule has 0 saturated heterocycles. The first-order valence-corrected chi connectivity index (χ1v) is 7.25. The van der Waals surface area contributed by atoms with E-state index in [1.165, 1.54) is 25.0 Å². The molecule has 0 bridgehead atoms. The average molecular weight is 334 g/mol. The van der Waals surface area contributed by atoms with Crippen molar-refractivity contribution in [1.29, 1.82) is 0 Å². The largest absolute Gasteiger partial charge is 0.139 e. The van der Waals surface area contributed by atoms with Gasteiger partial charge in [0.25, 0.3) is 0 Å². The first-order valence-electron chi connectivity index (χ1n) is 4.52. The molecule has 0 aliphatic heterocycles. The van der Waals surface area contributed by atoms with Crippen LogP contribution in [0.2, 0.25) is 0 Å². The lowest BCUT2D eigenvalue weighted by Gasteiger charge is -1.96. The summed E-state index contributed by atoms with van der Waals surface area (Å²) in [6.07, 6.45) is 1.12. The van der Waals surface area contributed by atoms with Crippen molar-refractivity contribution in [2.75, 3.05) is 0 Å². The van der Waals surface area contributed by atoms with E-state index >= 15 is 0 Å². The zero-order valence-electron chi connectivity index (χ0n) is 7.81. The van der Waals surface area contributed by atoms with Crippen LogP contribution >= 0.6 is 43.2 Å². The highest BCUT2D eigenvalue weighted by molar-refractivity contribution is 9.10. The van der Waals surface area contributed by atoms with Gasteiger partial charge >= 0.3 is 0 Å². The molecule has 0 unspecified atom stereocenters. The summed E-state index contributed by atoms with van der Waals surface area (Å²) in [6, 6.07) is 6.41. The first-order chi connectivity index (χ1) is 6.77. The fourth-order valence-corrected chi connectivity index (χ4v) is 4.22. The molecule has 1 aromatic carbocycles. The van der Waals surface area contributed by atoms with E-state index in [0.717, 1.165) is 11.8 Å². The molecule has 1 aromatic heterocycles. The molecule has 0 spiro atoms. The molecule has 0 nitrogen and oxygen atoms in total. The van der Waals surface area contributed by atoms with Crippen LogP contribution in [0.5, 0.6) is 0 Å². The van der Waals surface area contributed by atoms with Crippen LogP contribution in [0.1, 0.15) is 17.4 Å². The minimum Gasteiger partial charge on any atom is -0.139 e. The Kier molecular flexibility index (Phi) is 3.30. The molecule has 0 amide bonds. The van der Waals surface area contributed by atoms with E-state index in [4.69, 9.17) is 0 Å². The summed E-state index contributed by atoms with van der Waals surface area (Å²) in [5.74, 6) is 0. The summed E-state index contributed by atoms with van der Waals surface area (Å²) in [5, 5.41) is 2.34. The van der Waals surface area contributed by atoms with E-state index in [9.17, 15) is 0 Å². The van der Waals surface area contributed by atoms with Gasteiger partial charge in [0.2, 0.25) is 0 Å². The summed E-state index contributed by atoms with van der Waals surface area (Å²) in [5.41, 5.74) is 1.45. The van der Waals surface area contributed by atoms with Crippen LogP contribution in [0.4, 0.5) is 0 Å². The molecule has 1 heterocycles. The molecule has 2 rings (SSSR count). The molecule has 0 fully saturated rings. The Bertz CT molecular complexity index is 460. The maximum Gasteiger partial charge on any atom is 0.0490 e. The number of hydrogen-bond acceptors (Lipinski definition) is 1. The van der Waals surface area contributed by atoms with Gasteiger partial charge in [-0.15, -0.1) is 11.3 Å². The van der Waals surface area contributed by atoms with Crippen molar-refractivity contribution >= 4 is 53.3 Å². The average Bonchev–Trinajstić information content (AvgIpc) is 2.57. The molecule has 14 heavy (non-hydrogen) atoms. The molecular weight excluding hydrogens is 324 g/mol. The van der Waals surface area contributed by atoms with Crippen LogP contribution in [-0.4, -0.2) is 0 Å². The van der Waals surface area contributed by atoms with Crippen molar-refractivity contribution in [1.82, 2.24) is 0 Å². The number of fused-ring (bicyclic) bond motifs is 1. The number of alkyl halides is 1. The van der Waals surface area contributed by atoms with Crippen molar-refractivity contribution in [3.8, 4) is 0 Å². The van der Waals surface area contributed by atoms with Gasteiger partial charge in [-0.2, -0.15) is 0 Å². The number of hydrogen-bond donors (Lipinski definition) is 0. The lowest BCUT2D eigenvalue weighted by atomic mass is 10.1. The molecule has 74 valence electrons. The third-order valence-electron chi connectivity index (χ3n) is 2.31. The minimum atomic E-state index is 0.951. The molecule has 0 aliphatic rings. The van der Waals surface area contributed by atoms with Crippen LogP contribution in [0.25, 0.3) is 10.1 Å². The summed E-state index contributed by atoms with van der Waals surface area (Å²) >= 11 is 9.06. The van der Waals surface area contributed by atoms with Gasteiger partial charge in [0.1, 0.15) is 0 Å². The molecule has 0 atom stereocenters. The van der Waals surface area contributed by atoms with Crippen LogP contribution in [0, 0.1) is 0 Å². The van der Waals surface area contributed by atoms with Gasteiger partial charge < -0.3 is 0 Å². The number of thiophene rings is 1.